The maximum Gasteiger partial charge on any atom is 0.356 e. The summed E-state index contributed by atoms with van der Waals surface area (Å²) in [5.74, 6) is -0.494. The van der Waals surface area contributed by atoms with Crippen molar-refractivity contribution in [3.05, 3.63) is 27.9 Å². The van der Waals surface area contributed by atoms with Gasteiger partial charge in [0, 0.05) is 11.6 Å². The number of methoxy groups -OCH3 is 1. The molecule has 1 aromatic heterocycles. The maximum atomic E-state index is 11.4. The van der Waals surface area contributed by atoms with E-state index in [1.807, 2.05) is 6.92 Å². The number of anilines is 1. The third kappa shape index (κ3) is 2.64. The molecule has 0 aromatic carbocycles. The van der Waals surface area contributed by atoms with E-state index in [-0.39, 0.29) is 22.7 Å². The van der Waals surface area contributed by atoms with Crippen LogP contribution >= 0.6 is 0 Å². The number of hydrogen-bond acceptors (Lipinski definition) is 6. The molecule has 1 N–H and O–H groups in total. The predicted molar refractivity (Wildman–Crippen MR) is 68.1 cm³/mol. The summed E-state index contributed by atoms with van der Waals surface area (Å²) < 4.78 is 4.56. The van der Waals surface area contributed by atoms with E-state index in [0.29, 0.717) is 0 Å². The summed E-state index contributed by atoms with van der Waals surface area (Å²) in [5.41, 5.74) is -0.272. The zero-order chi connectivity index (χ0) is 14.0. The van der Waals surface area contributed by atoms with Crippen LogP contribution in [0, 0.1) is 10.1 Å². The van der Waals surface area contributed by atoms with Crippen LogP contribution in [-0.4, -0.2) is 28.5 Å². The van der Waals surface area contributed by atoms with Crippen molar-refractivity contribution < 1.29 is 14.5 Å². The fourth-order valence-electron chi connectivity index (χ4n) is 2.03. The largest absolute Gasteiger partial charge is 0.464 e. The number of pyridine rings is 1. The van der Waals surface area contributed by atoms with Crippen molar-refractivity contribution in [2.75, 3.05) is 12.4 Å². The Labute approximate surface area is 110 Å². The molecule has 0 unspecified atom stereocenters. The molecule has 0 bridgehead atoms. The van der Waals surface area contributed by atoms with Crippen molar-refractivity contribution in [3.63, 3.8) is 0 Å². The molecule has 0 spiro atoms. The zero-order valence-electron chi connectivity index (χ0n) is 10.8. The number of hydrogen-bond donors (Lipinski definition) is 1. The molecule has 2 rings (SSSR count). The van der Waals surface area contributed by atoms with Crippen LogP contribution in [0.25, 0.3) is 0 Å². The lowest BCUT2D eigenvalue weighted by molar-refractivity contribution is -0.384. The standard InChI is InChI=1S/C12H15N3O4/c1-12(6-3-7-12)14-10-9(15(17)18)5-4-8(13-10)11(16)19-2/h4-5H,3,6-7H2,1-2H3,(H,13,14). The smallest absolute Gasteiger partial charge is 0.356 e. The van der Waals surface area contributed by atoms with Gasteiger partial charge < -0.3 is 10.1 Å². The average molecular weight is 265 g/mol. The Morgan fingerprint density at radius 3 is 2.68 bits per heavy atom. The summed E-state index contributed by atoms with van der Waals surface area (Å²) in [6.07, 6.45) is 2.93. The van der Waals surface area contributed by atoms with E-state index in [0.717, 1.165) is 19.3 Å². The van der Waals surface area contributed by atoms with Crippen molar-refractivity contribution in [1.82, 2.24) is 4.98 Å². The highest BCUT2D eigenvalue weighted by Gasteiger charge is 2.34. The van der Waals surface area contributed by atoms with Gasteiger partial charge >= 0.3 is 11.7 Å². The summed E-state index contributed by atoms with van der Waals surface area (Å²) in [5, 5.41) is 14.0. The van der Waals surface area contributed by atoms with E-state index in [1.165, 1.54) is 19.2 Å². The lowest BCUT2D eigenvalue weighted by Gasteiger charge is -2.39. The molecule has 7 nitrogen and oxygen atoms in total. The number of carbonyl (C=O) groups is 1. The number of nitrogens with one attached hydrogen (secondary N) is 1. The van der Waals surface area contributed by atoms with Gasteiger partial charge in [0.15, 0.2) is 5.69 Å². The fraction of sp³-hybridized carbons (Fsp3) is 0.500. The lowest BCUT2D eigenvalue weighted by atomic mass is 9.78. The van der Waals surface area contributed by atoms with Gasteiger partial charge in [-0.15, -0.1) is 0 Å². The van der Waals surface area contributed by atoms with Crippen molar-refractivity contribution >= 4 is 17.5 Å². The molecule has 1 aliphatic carbocycles. The van der Waals surface area contributed by atoms with Gasteiger partial charge in [-0.2, -0.15) is 0 Å². The van der Waals surface area contributed by atoms with Crippen molar-refractivity contribution in [2.24, 2.45) is 0 Å². The van der Waals surface area contributed by atoms with Crippen LogP contribution in [0.2, 0.25) is 0 Å². The van der Waals surface area contributed by atoms with Crippen LogP contribution in [-0.2, 0) is 4.74 Å². The second-order valence-electron chi connectivity index (χ2n) is 4.85. The highest BCUT2D eigenvalue weighted by atomic mass is 16.6. The van der Waals surface area contributed by atoms with E-state index in [1.54, 1.807) is 0 Å². The lowest BCUT2D eigenvalue weighted by Crippen LogP contribution is -2.42. The Hall–Kier alpha value is -2.18. The first-order valence-corrected chi connectivity index (χ1v) is 5.97. The van der Waals surface area contributed by atoms with Crippen LogP contribution in [0.3, 0.4) is 0 Å². The van der Waals surface area contributed by atoms with Gasteiger partial charge in [-0.05, 0) is 32.3 Å². The van der Waals surface area contributed by atoms with Crippen molar-refractivity contribution in [3.8, 4) is 0 Å². The topological polar surface area (TPSA) is 94.4 Å². The average Bonchev–Trinajstić information content (AvgIpc) is 2.35. The van der Waals surface area contributed by atoms with E-state index < -0.39 is 10.9 Å². The molecule has 1 aliphatic rings. The number of nitrogens with zero attached hydrogens (tertiary/aromatic N) is 2. The zero-order valence-corrected chi connectivity index (χ0v) is 10.8. The minimum Gasteiger partial charge on any atom is -0.464 e. The molecule has 0 atom stereocenters. The maximum absolute atomic E-state index is 11.4. The van der Waals surface area contributed by atoms with E-state index >= 15 is 0 Å². The summed E-state index contributed by atoms with van der Waals surface area (Å²) in [6, 6.07) is 2.56. The monoisotopic (exact) mass is 265 g/mol. The predicted octanol–water partition coefficient (Wildman–Crippen LogP) is 2.13. The minimum absolute atomic E-state index is 0.0542. The number of aromatic nitrogens is 1. The summed E-state index contributed by atoms with van der Waals surface area (Å²) in [6.45, 7) is 1.98. The van der Waals surface area contributed by atoms with E-state index in [2.05, 4.69) is 15.0 Å². The first-order chi connectivity index (χ1) is 8.95. The number of esters is 1. The van der Waals surface area contributed by atoms with E-state index in [4.69, 9.17) is 0 Å². The molecule has 0 amide bonds. The third-order valence-electron chi connectivity index (χ3n) is 3.34. The van der Waals surface area contributed by atoms with Crippen LogP contribution in [0.4, 0.5) is 11.5 Å². The Kier molecular flexibility index (Phi) is 3.37. The van der Waals surface area contributed by atoms with Gasteiger partial charge in [-0.1, -0.05) is 0 Å². The molecule has 1 saturated carbocycles. The molecule has 0 aliphatic heterocycles. The second kappa shape index (κ2) is 4.83. The molecule has 1 aromatic rings. The summed E-state index contributed by atoms with van der Waals surface area (Å²) >= 11 is 0. The number of ether oxygens (including phenoxy) is 1. The van der Waals surface area contributed by atoms with Crippen LogP contribution in [0.15, 0.2) is 12.1 Å². The SMILES string of the molecule is COC(=O)c1ccc([N+](=O)[O-])c(NC2(C)CCC2)n1. The molecule has 0 saturated heterocycles. The molecular weight excluding hydrogens is 250 g/mol. The number of carbonyl (C=O) groups excluding carboxylic acids is 1. The highest BCUT2D eigenvalue weighted by Crippen LogP contribution is 2.36. The summed E-state index contributed by atoms with van der Waals surface area (Å²) in [7, 11) is 1.24. The van der Waals surface area contributed by atoms with Gasteiger partial charge in [0.1, 0.15) is 0 Å². The molecule has 19 heavy (non-hydrogen) atoms. The number of nitro groups is 1. The first-order valence-electron chi connectivity index (χ1n) is 5.97. The Morgan fingerprint density at radius 1 is 1.53 bits per heavy atom. The van der Waals surface area contributed by atoms with Crippen molar-refractivity contribution in [1.29, 1.82) is 0 Å². The molecule has 1 fully saturated rings. The van der Waals surface area contributed by atoms with Crippen LogP contribution in [0.5, 0.6) is 0 Å². The molecule has 102 valence electrons. The summed E-state index contributed by atoms with van der Waals surface area (Å²) in [4.78, 5) is 25.9. The quantitative estimate of drug-likeness (QED) is 0.509. The fourth-order valence-corrected chi connectivity index (χ4v) is 2.03. The van der Waals surface area contributed by atoms with E-state index in [9.17, 15) is 14.9 Å². The van der Waals surface area contributed by atoms with Gasteiger partial charge in [-0.25, -0.2) is 9.78 Å². The highest BCUT2D eigenvalue weighted by molar-refractivity contribution is 5.88. The number of rotatable bonds is 4. The minimum atomic E-state index is -0.614. The van der Waals surface area contributed by atoms with Crippen LogP contribution < -0.4 is 5.32 Å². The Balaban J connectivity index is 2.35. The van der Waals surface area contributed by atoms with Crippen molar-refractivity contribution in [2.45, 2.75) is 31.7 Å². The van der Waals surface area contributed by atoms with Gasteiger partial charge in [0.05, 0.1) is 12.0 Å². The molecule has 7 heteroatoms. The Bertz CT molecular complexity index is 526. The first kappa shape index (κ1) is 13.3. The Morgan fingerprint density at radius 2 is 2.21 bits per heavy atom. The molecular formula is C12H15N3O4. The third-order valence-corrected chi connectivity index (χ3v) is 3.34. The normalized spacial score (nSPS) is 16.3. The van der Waals surface area contributed by atoms with Gasteiger partial charge in [-0.3, -0.25) is 10.1 Å². The molecule has 0 radical (unpaired) electrons. The molecule has 1 heterocycles. The van der Waals surface area contributed by atoms with Gasteiger partial charge in [0.25, 0.3) is 0 Å². The van der Waals surface area contributed by atoms with Crippen LogP contribution in [0.1, 0.15) is 36.7 Å². The second-order valence-corrected chi connectivity index (χ2v) is 4.85. The van der Waals surface area contributed by atoms with Gasteiger partial charge in [0.2, 0.25) is 5.82 Å².